The van der Waals surface area contributed by atoms with Crippen molar-refractivity contribution in [3.8, 4) is 0 Å². The van der Waals surface area contributed by atoms with Crippen LogP contribution in [0.2, 0.25) is 0 Å². The van der Waals surface area contributed by atoms with Gasteiger partial charge in [0.1, 0.15) is 12.1 Å². The second kappa shape index (κ2) is 5.83. The minimum absolute atomic E-state index is 0.181. The molecule has 2 aliphatic carbocycles. The number of amides is 1. The van der Waals surface area contributed by atoms with Crippen LogP contribution < -0.4 is 11.1 Å². The zero-order valence-electron chi connectivity index (χ0n) is 13.1. The molecule has 1 amide bonds. The van der Waals surface area contributed by atoms with E-state index in [-0.39, 0.29) is 12.1 Å². The van der Waals surface area contributed by atoms with Crippen LogP contribution in [0.25, 0.3) is 0 Å². The molecule has 6 heteroatoms. The van der Waals surface area contributed by atoms with Gasteiger partial charge in [0.2, 0.25) is 0 Å². The van der Waals surface area contributed by atoms with Gasteiger partial charge in [-0.1, -0.05) is 6.92 Å². The summed E-state index contributed by atoms with van der Waals surface area (Å²) in [6, 6.07) is 0. The van der Waals surface area contributed by atoms with Crippen LogP contribution in [0.5, 0.6) is 0 Å². The highest BCUT2D eigenvalue weighted by Crippen LogP contribution is 2.48. The summed E-state index contributed by atoms with van der Waals surface area (Å²) in [5.74, 6) is 0.638. The Morgan fingerprint density at radius 3 is 2.67 bits per heavy atom. The highest BCUT2D eigenvalue weighted by atomic mass is 16.6. The van der Waals surface area contributed by atoms with E-state index in [0.29, 0.717) is 18.3 Å². The average Bonchev–Trinajstić information content (AvgIpc) is 2.31. The van der Waals surface area contributed by atoms with E-state index < -0.39 is 17.7 Å². The van der Waals surface area contributed by atoms with E-state index in [1.165, 1.54) is 7.11 Å². The van der Waals surface area contributed by atoms with Crippen molar-refractivity contribution >= 4 is 12.1 Å². The molecule has 6 nitrogen and oxygen atoms in total. The zero-order chi connectivity index (χ0) is 15.7. The van der Waals surface area contributed by atoms with Gasteiger partial charge in [0.15, 0.2) is 0 Å². The normalized spacial score (nSPS) is 38.5. The first kappa shape index (κ1) is 16.1. The molecule has 2 aliphatic rings. The summed E-state index contributed by atoms with van der Waals surface area (Å²) in [7, 11) is 1.28. The molecule has 0 radical (unpaired) electrons. The predicted octanol–water partition coefficient (Wildman–Crippen LogP) is 1.57. The van der Waals surface area contributed by atoms with Crippen LogP contribution in [0.15, 0.2) is 0 Å². The van der Waals surface area contributed by atoms with Crippen molar-refractivity contribution in [2.24, 2.45) is 17.6 Å². The van der Waals surface area contributed by atoms with Crippen LogP contribution in [0.4, 0.5) is 4.79 Å². The number of ether oxygens (including phenoxy) is 2. The third-order valence-corrected chi connectivity index (χ3v) is 4.58. The summed E-state index contributed by atoms with van der Waals surface area (Å²) in [6.45, 7) is 3.99. The quantitative estimate of drug-likeness (QED) is 0.772. The number of hydrogen-bond donors (Lipinski definition) is 2. The number of esters is 1. The minimum Gasteiger partial charge on any atom is -0.468 e. The summed E-state index contributed by atoms with van der Waals surface area (Å²) in [5.41, 5.74) is 5.70. The van der Waals surface area contributed by atoms with Crippen LogP contribution in [-0.2, 0) is 14.3 Å². The molecular weight excluding hydrogens is 272 g/mol. The molecule has 0 spiro atoms. The number of rotatable bonds is 3. The van der Waals surface area contributed by atoms with Crippen LogP contribution >= 0.6 is 0 Å². The van der Waals surface area contributed by atoms with E-state index in [2.05, 4.69) is 17.0 Å². The van der Waals surface area contributed by atoms with E-state index in [1.807, 2.05) is 6.92 Å². The van der Waals surface area contributed by atoms with Gasteiger partial charge >= 0.3 is 12.1 Å². The molecule has 2 fully saturated rings. The summed E-state index contributed by atoms with van der Waals surface area (Å²) in [6.07, 6.45) is 4.06. The molecule has 2 bridgehead atoms. The first-order valence-electron chi connectivity index (χ1n) is 7.56. The molecule has 0 heterocycles. The second-order valence-corrected chi connectivity index (χ2v) is 7.13. The lowest BCUT2D eigenvalue weighted by Crippen LogP contribution is -2.58. The Morgan fingerprint density at radius 1 is 1.33 bits per heavy atom. The summed E-state index contributed by atoms with van der Waals surface area (Å²) in [4.78, 5) is 22.9. The largest absolute Gasteiger partial charge is 0.468 e. The standard InChI is InChI=1S/C15H26N2O4/c1-10-4-11-6-14(2,9-15(16,5-10)7-11)21-13(19)17-8-12(18)20-3/h10-11H,4-9,16H2,1-3H3,(H,17,19). The fraction of sp³-hybridized carbons (Fsp3) is 0.867. The van der Waals surface area contributed by atoms with Crippen molar-refractivity contribution in [2.45, 2.75) is 57.1 Å². The van der Waals surface area contributed by atoms with Gasteiger partial charge in [0.25, 0.3) is 0 Å². The summed E-state index contributed by atoms with van der Waals surface area (Å²) >= 11 is 0. The lowest BCUT2D eigenvalue weighted by atomic mass is 9.60. The molecule has 120 valence electrons. The molecule has 4 atom stereocenters. The topological polar surface area (TPSA) is 90.6 Å². The molecule has 0 aromatic rings. The van der Waals surface area contributed by atoms with Gasteiger partial charge in [-0.05, 0) is 44.4 Å². The Morgan fingerprint density at radius 2 is 2.05 bits per heavy atom. The van der Waals surface area contributed by atoms with Crippen LogP contribution in [0.1, 0.15) is 46.0 Å². The maximum Gasteiger partial charge on any atom is 0.408 e. The van der Waals surface area contributed by atoms with E-state index >= 15 is 0 Å². The van der Waals surface area contributed by atoms with Crippen molar-refractivity contribution in [1.82, 2.24) is 5.32 Å². The predicted molar refractivity (Wildman–Crippen MR) is 77.6 cm³/mol. The summed E-state index contributed by atoms with van der Waals surface area (Å²) < 4.78 is 10.0. The first-order chi connectivity index (χ1) is 9.73. The molecule has 2 saturated carbocycles. The molecule has 2 rings (SSSR count). The second-order valence-electron chi connectivity index (χ2n) is 7.13. The van der Waals surface area contributed by atoms with Crippen molar-refractivity contribution in [1.29, 1.82) is 0 Å². The van der Waals surface area contributed by atoms with Crippen LogP contribution in [0, 0.1) is 11.8 Å². The number of hydrogen-bond acceptors (Lipinski definition) is 5. The molecular formula is C15H26N2O4. The van der Waals surface area contributed by atoms with Gasteiger partial charge in [-0.2, -0.15) is 0 Å². The van der Waals surface area contributed by atoms with Gasteiger partial charge in [-0.25, -0.2) is 4.79 Å². The lowest BCUT2D eigenvalue weighted by Gasteiger charge is -2.52. The monoisotopic (exact) mass is 298 g/mol. The Labute approximate surface area is 125 Å². The van der Waals surface area contributed by atoms with Crippen molar-refractivity contribution in [3.63, 3.8) is 0 Å². The molecule has 21 heavy (non-hydrogen) atoms. The third kappa shape index (κ3) is 4.09. The number of methoxy groups -OCH3 is 1. The van der Waals surface area contributed by atoms with Crippen LogP contribution in [0.3, 0.4) is 0 Å². The van der Waals surface area contributed by atoms with Gasteiger partial charge in [-0.15, -0.1) is 0 Å². The number of alkyl carbamates (subject to hydrolysis) is 1. The van der Waals surface area contributed by atoms with Crippen molar-refractivity contribution in [3.05, 3.63) is 0 Å². The highest BCUT2D eigenvalue weighted by molar-refractivity contribution is 5.77. The van der Waals surface area contributed by atoms with E-state index in [0.717, 1.165) is 25.7 Å². The first-order valence-corrected chi connectivity index (χ1v) is 7.56. The Hall–Kier alpha value is -1.30. The highest BCUT2D eigenvalue weighted by Gasteiger charge is 2.49. The molecule has 3 N–H and O–H groups in total. The number of fused-ring (bicyclic) bond motifs is 2. The number of nitrogens with two attached hydrogens (primary N) is 1. The average molecular weight is 298 g/mol. The van der Waals surface area contributed by atoms with Gasteiger partial charge in [0.05, 0.1) is 7.11 Å². The van der Waals surface area contributed by atoms with E-state index in [1.54, 1.807) is 0 Å². The molecule has 0 aliphatic heterocycles. The molecule has 4 unspecified atom stereocenters. The Balaban J connectivity index is 1.93. The van der Waals surface area contributed by atoms with Gasteiger partial charge in [-0.3, -0.25) is 4.79 Å². The third-order valence-electron chi connectivity index (χ3n) is 4.58. The number of carbonyl (C=O) groups excluding carboxylic acids is 2. The fourth-order valence-corrected chi connectivity index (χ4v) is 4.37. The lowest BCUT2D eigenvalue weighted by molar-refractivity contribution is -0.139. The number of carbonyl (C=O) groups is 2. The van der Waals surface area contributed by atoms with Crippen molar-refractivity contribution < 1.29 is 19.1 Å². The minimum atomic E-state index is -0.584. The van der Waals surface area contributed by atoms with E-state index in [9.17, 15) is 9.59 Å². The molecule has 0 saturated heterocycles. The van der Waals surface area contributed by atoms with Crippen LogP contribution in [-0.4, -0.2) is 36.9 Å². The molecule has 0 aromatic heterocycles. The van der Waals surface area contributed by atoms with Gasteiger partial charge < -0.3 is 20.5 Å². The SMILES string of the molecule is COC(=O)CNC(=O)OC1(C)CC2CC(C)CC(N)(C2)C1. The summed E-state index contributed by atoms with van der Waals surface area (Å²) in [5, 5.41) is 2.42. The van der Waals surface area contributed by atoms with E-state index in [4.69, 9.17) is 10.5 Å². The maximum atomic E-state index is 11.8. The fourth-order valence-electron chi connectivity index (χ4n) is 4.37. The Kier molecular flexibility index (Phi) is 4.46. The Bertz CT molecular complexity index is 424. The smallest absolute Gasteiger partial charge is 0.408 e. The zero-order valence-corrected chi connectivity index (χ0v) is 13.1. The maximum absolute atomic E-state index is 11.8. The van der Waals surface area contributed by atoms with Crippen molar-refractivity contribution in [2.75, 3.05) is 13.7 Å². The number of nitrogens with one attached hydrogen (secondary N) is 1. The van der Waals surface area contributed by atoms with Gasteiger partial charge in [0, 0.05) is 12.0 Å². The molecule has 0 aromatic carbocycles.